The van der Waals surface area contributed by atoms with E-state index < -0.39 is 0 Å². The molecule has 2 saturated heterocycles. The minimum Gasteiger partial charge on any atom is -0.373 e. The van der Waals surface area contributed by atoms with Gasteiger partial charge in [-0.2, -0.15) is 11.8 Å². The zero-order chi connectivity index (χ0) is 9.80. The molecule has 2 rings (SSSR count). The van der Waals surface area contributed by atoms with Gasteiger partial charge in [0.25, 0.3) is 0 Å². The van der Waals surface area contributed by atoms with Gasteiger partial charge in [0, 0.05) is 19.6 Å². The number of hydrogen-bond acceptors (Lipinski definition) is 3. The molecular formula is C10H18FNOS. The van der Waals surface area contributed by atoms with E-state index in [2.05, 4.69) is 4.90 Å². The highest BCUT2D eigenvalue weighted by Crippen LogP contribution is 2.24. The van der Waals surface area contributed by atoms with Crippen LogP contribution < -0.4 is 0 Å². The second-order valence-electron chi connectivity index (χ2n) is 4.14. The number of halogens is 1. The first-order chi connectivity index (χ1) is 6.88. The van der Waals surface area contributed by atoms with Gasteiger partial charge in [-0.3, -0.25) is 4.90 Å². The molecule has 14 heavy (non-hydrogen) atoms. The van der Waals surface area contributed by atoms with Gasteiger partial charge in [0.2, 0.25) is 0 Å². The number of alkyl halides is 1. The number of ether oxygens (including phenoxy) is 1. The molecule has 82 valence electrons. The number of nitrogens with zero attached hydrogens (tertiary/aromatic N) is 1. The molecule has 0 amide bonds. The highest BCUT2D eigenvalue weighted by molar-refractivity contribution is 7.99. The van der Waals surface area contributed by atoms with E-state index in [4.69, 9.17) is 4.74 Å². The fraction of sp³-hybridized carbons (Fsp3) is 1.00. The summed E-state index contributed by atoms with van der Waals surface area (Å²) in [5, 5.41) is 0. The maximum absolute atomic E-state index is 12.4. The quantitative estimate of drug-likeness (QED) is 0.712. The molecule has 0 aromatic heterocycles. The monoisotopic (exact) mass is 219 g/mol. The van der Waals surface area contributed by atoms with E-state index in [1.807, 2.05) is 11.8 Å². The normalized spacial score (nSPS) is 34.9. The van der Waals surface area contributed by atoms with E-state index >= 15 is 0 Å². The third kappa shape index (κ3) is 2.84. The van der Waals surface area contributed by atoms with E-state index in [1.165, 1.54) is 17.9 Å². The highest BCUT2D eigenvalue weighted by Gasteiger charge is 2.24. The first-order valence-electron chi connectivity index (χ1n) is 5.36. The molecule has 0 aromatic carbocycles. The number of rotatable bonds is 3. The van der Waals surface area contributed by atoms with Crippen LogP contribution in [0.3, 0.4) is 0 Å². The smallest absolute Gasteiger partial charge is 0.117 e. The lowest BCUT2D eigenvalue weighted by molar-refractivity contribution is -0.0417. The summed E-state index contributed by atoms with van der Waals surface area (Å²) in [5.74, 6) is 3.43. The number of hydrogen-bond donors (Lipinski definition) is 0. The van der Waals surface area contributed by atoms with Crippen LogP contribution in [0.15, 0.2) is 0 Å². The van der Waals surface area contributed by atoms with Crippen LogP contribution in [-0.4, -0.2) is 55.4 Å². The Labute approximate surface area is 89.2 Å². The molecule has 2 unspecified atom stereocenters. The molecule has 4 heteroatoms. The first-order valence-corrected chi connectivity index (χ1v) is 6.51. The van der Waals surface area contributed by atoms with Crippen LogP contribution in [0.25, 0.3) is 0 Å². The van der Waals surface area contributed by atoms with E-state index in [-0.39, 0.29) is 12.8 Å². The Balaban J connectivity index is 1.73. The molecule has 0 spiro atoms. The molecule has 2 aliphatic heterocycles. The molecule has 0 radical (unpaired) electrons. The van der Waals surface area contributed by atoms with Crippen LogP contribution in [0.5, 0.6) is 0 Å². The number of morpholine rings is 1. The summed E-state index contributed by atoms with van der Waals surface area (Å²) in [7, 11) is 0. The van der Waals surface area contributed by atoms with Crippen LogP contribution in [0, 0.1) is 5.92 Å². The molecule has 2 aliphatic rings. The molecule has 0 N–H and O–H groups in total. The molecular weight excluding hydrogens is 201 g/mol. The fourth-order valence-electron chi connectivity index (χ4n) is 2.13. The topological polar surface area (TPSA) is 12.5 Å². The van der Waals surface area contributed by atoms with Crippen molar-refractivity contribution in [1.29, 1.82) is 0 Å². The zero-order valence-corrected chi connectivity index (χ0v) is 9.27. The van der Waals surface area contributed by atoms with Gasteiger partial charge in [0.15, 0.2) is 0 Å². The van der Waals surface area contributed by atoms with Crippen LogP contribution in [0.2, 0.25) is 0 Å². The van der Waals surface area contributed by atoms with Crippen molar-refractivity contribution in [1.82, 2.24) is 4.90 Å². The Morgan fingerprint density at radius 1 is 1.50 bits per heavy atom. The largest absolute Gasteiger partial charge is 0.373 e. The Hall–Kier alpha value is 0.200. The molecule has 0 aromatic rings. The summed E-state index contributed by atoms with van der Waals surface area (Å²) in [4.78, 5) is 2.37. The van der Waals surface area contributed by atoms with Crippen molar-refractivity contribution in [2.24, 2.45) is 5.92 Å². The van der Waals surface area contributed by atoms with Crippen molar-refractivity contribution in [3.05, 3.63) is 0 Å². The highest BCUT2D eigenvalue weighted by atomic mass is 32.2. The summed E-state index contributed by atoms with van der Waals surface area (Å²) in [6.45, 7) is 3.28. The van der Waals surface area contributed by atoms with Crippen molar-refractivity contribution in [2.75, 3.05) is 44.4 Å². The summed E-state index contributed by atoms with van der Waals surface area (Å²) < 4.78 is 17.7. The minimum atomic E-state index is -0.337. The van der Waals surface area contributed by atoms with E-state index in [9.17, 15) is 4.39 Å². The Kier molecular flexibility index (Phi) is 4.08. The lowest BCUT2D eigenvalue weighted by Crippen LogP contribution is -2.45. The van der Waals surface area contributed by atoms with Crippen LogP contribution >= 0.6 is 11.8 Å². The Morgan fingerprint density at radius 2 is 2.43 bits per heavy atom. The molecule has 2 fully saturated rings. The van der Waals surface area contributed by atoms with E-state index in [0.717, 1.165) is 25.6 Å². The molecule has 0 saturated carbocycles. The third-order valence-corrected chi connectivity index (χ3v) is 4.17. The molecule has 0 aliphatic carbocycles. The zero-order valence-electron chi connectivity index (χ0n) is 8.45. The average molecular weight is 219 g/mol. The van der Waals surface area contributed by atoms with E-state index in [0.29, 0.717) is 6.61 Å². The van der Waals surface area contributed by atoms with Crippen molar-refractivity contribution < 1.29 is 9.13 Å². The molecule has 2 nitrogen and oxygen atoms in total. The van der Waals surface area contributed by atoms with Crippen LogP contribution in [-0.2, 0) is 4.74 Å². The fourth-order valence-corrected chi connectivity index (χ4v) is 3.40. The molecule has 2 atom stereocenters. The van der Waals surface area contributed by atoms with Gasteiger partial charge in [0.05, 0.1) is 12.7 Å². The number of thioether (sulfide) groups is 1. The van der Waals surface area contributed by atoms with Crippen molar-refractivity contribution in [2.45, 2.75) is 12.5 Å². The first kappa shape index (κ1) is 10.7. The lowest BCUT2D eigenvalue weighted by atomic mass is 10.1. The standard InChI is InChI=1S/C10H18FNOS/c11-5-10-7-12(2-3-13-10)6-9-1-4-14-8-9/h9-10H,1-8H2. The average Bonchev–Trinajstić information content (AvgIpc) is 2.71. The maximum Gasteiger partial charge on any atom is 0.117 e. The second-order valence-corrected chi connectivity index (χ2v) is 5.29. The van der Waals surface area contributed by atoms with Crippen LogP contribution in [0.4, 0.5) is 4.39 Å². The summed E-state index contributed by atoms with van der Waals surface area (Å²) >= 11 is 2.05. The van der Waals surface area contributed by atoms with Gasteiger partial charge in [-0.25, -0.2) is 4.39 Å². The second kappa shape index (κ2) is 5.33. The predicted molar refractivity (Wildman–Crippen MR) is 57.6 cm³/mol. The van der Waals surface area contributed by atoms with Gasteiger partial charge >= 0.3 is 0 Å². The molecule has 0 bridgehead atoms. The van der Waals surface area contributed by atoms with Crippen molar-refractivity contribution in [3.8, 4) is 0 Å². The molecule has 2 heterocycles. The van der Waals surface area contributed by atoms with Gasteiger partial charge in [-0.1, -0.05) is 0 Å². The summed E-state index contributed by atoms with van der Waals surface area (Å²) in [6, 6.07) is 0. The van der Waals surface area contributed by atoms with Gasteiger partial charge in [-0.05, 0) is 23.8 Å². The SMILES string of the molecule is FCC1CN(CC2CCSC2)CCO1. The predicted octanol–water partition coefficient (Wildman–Crippen LogP) is 1.41. The minimum absolute atomic E-state index is 0.169. The maximum atomic E-state index is 12.4. The third-order valence-electron chi connectivity index (χ3n) is 2.94. The Morgan fingerprint density at radius 3 is 3.14 bits per heavy atom. The lowest BCUT2D eigenvalue weighted by Gasteiger charge is -2.33. The summed E-state index contributed by atoms with van der Waals surface area (Å²) in [5.41, 5.74) is 0. The van der Waals surface area contributed by atoms with Gasteiger partial charge in [0.1, 0.15) is 6.67 Å². The van der Waals surface area contributed by atoms with Gasteiger partial charge < -0.3 is 4.74 Å². The van der Waals surface area contributed by atoms with Gasteiger partial charge in [-0.15, -0.1) is 0 Å². The van der Waals surface area contributed by atoms with Crippen molar-refractivity contribution in [3.63, 3.8) is 0 Å². The van der Waals surface area contributed by atoms with Crippen molar-refractivity contribution >= 4 is 11.8 Å². The summed E-state index contributed by atoms with van der Waals surface area (Å²) in [6.07, 6.45) is 1.17. The Bertz CT molecular complexity index is 176. The van der Waals surface area contributed by atoms with E-state index in [1.54, 1.807) is 0 Å². The van der Waals surface area contributed by atoms with Crippen LogP contribution in [0.1, 0.15) is 6.42 Å².